The summed E-state index contributed by atoms with van der Waals surface area (Å²) in [5.74, 6) is 0.436. The minimum absolute atomic E-state index is 0.192. The molecule has 4 nitrogen and oxygen atoms in total. The summed E-state index contributed by atoms with van der Waals surface area (Å²) >= 11 is 3.12. The van der Waals surface area contributed by atoms with Crippen LogP contribution in [0.4, 0.5) is 20.9 Å². The van der Waals surface area contributed by atoms with E-state index >= 15 is 0 Å². The van der Waals surface area contributed by atoms with E-state index in [1.807, 2.05) is 18.4 Å². The summed E-state index contributed by atoms with van der Waals surface area (Å²) in [7, 11) is 0. The Bertz CT molecular complexity index is 606. The summed E-state index contributed by atoms with van der Waals surface area (Å²) in [5.41, 5.74) is 6.97. The fourth-order valence-corrected chi connectivity index (χ4v) is 4.24. The van der Waals surface area contributed by atoms with Crippen LogP contribution in [0.3, 0.4) is 0 Å². The Kier molecular flexibility index (Phi) is 4.21. The summed E-state index contributed by atoms with van der Waals surface area (Å²) in [4.78, 5) is 5.69. The van der Waals surface area contributed by atoms with Crippen molar-refractivity contribution < 1.29 is 4.39 Å². The number of hydrogen-bond donors (Lipinski definition) is 1. The van der Waals surface area contributed by atoms with Crippen LogP contribution in [0.1, 0.15) is 0 Å². The molecule has 2 heterocycles. The van der Waals surface area contributed by atoms with Crippen LogP contribution < -0.4 is 15.5 Å². The average Bonchev–Trinajstić information content (AvgIpc) is 2.89. The van der Waals surface area contributed by atoms with E-state index in [1.54, 1.807) is 11.8 Å². The molecule has 1 aromatic carbocycles. The number of nitrogens with two attached hydrogens (primary N) is 1. The third kappa shape index (κ3) is 2.94. The van der Waals surface area contributed by atoms with Gasteiger partial charge in [-0.3, -0.25) is 0 Å². The molecule has 112 valence electrons. The van der Waals surface area contributed by atoms with Gasteiger partial charge in [-0.15, -0.1) is 11.8 Å². The number of nitrogen functional groups attached to an aromatic ring is 1. The molecule has 21 heavy (non-hydrogen) atoms. The van der Waals surface area contributed by atoms with E-state index in [-0.39, 0.29) is 5.82 Å². The standard InChI is InChI=1S/C14H17FN4S2/c1-20-12-13(16)17-21-14(12)19-8-6-18(7-9-19)11-4-2-10(15)3-5-11/h2-5H,6-9H2,1H3,(H2,16,17). The summed E-state index contributed by atoms with van der Waals surface area (Å²) in [6.45, 7) is 3.67. The Hall–Kier alpha value is -1.47. The number of thioether (sulfide) groups is 1. The molecule has 2 N–H and O–H groups in total. The first-order valence-electron chi connectivity index (χ1n) is 6.73. The Morgan fingerprint density at radius 3 is 2.38 bits per heavy atom. The van der Waals surface area contributed by atoms with E-state index in [4.69, 9.17) is 5.73 Å². The lowest BCUT2D eigenvalue weighted by atomic mass is 10.2. The minimum Gasteiger partial charge on any atom is -0.382 e. The van der Waals surface area contributed by atoms with E-state index in [0.717, 1.165) is 36.8 Å². The Morgan fingerprint density at radius 2 is 1.76 bits per heavy atom. The SMILES string of the molecule is CSc1c(N)nsc1N1CCN(c2ccc(F)cc2)CC1. The Labute approximate surface area is 131 Å². The van der Waals surface area contributed by atoms with Crippen LogP contribution in [0, 0.1) is 5.82 Å². The summed E-state index contributed by atoms with van der Waals surface area (Å²) < 4.78 is 17.2. The van der Waals surface area contributed by atoms with Crippen molar-refractivity contribution in [1.82, 2.24) is 4.37 Å². The predicted octanol–water partition coefficient (Wildman–Crippen LogP) is 2.91. The van der Waals surface area contributed by atoms with Crippen LogP contribution in [-0.4, -0.2) is 36.8 Å². The summed E-state index contributed by atoms with van der Waals surface area (Å²) in [6.07, 6.45) is 2.03. The van der Waals surface area contributed by atoms with Gasteiger partial charge in [0.25, 0.3) is 0 Å². The molecule has 2 aromatic rings. The molecule has 0 saturated carbocycles. The topological polar surface area (TPSA) is 45.4 Å². The molecule has 0 bridgehead atoms. The smallest absolute Gasteiger partial charge is 0.153 e. The van der Waals surface area contributed by atoms with Crippen LogP contribution in [0.25, 0.3) is 0 Å². The fraction of sp³-hybridized carbons (Fsp3) is 0.357. The molecule has 0 spiro atoms. The molecule has 1 aromatic heterocycles. The van der Waals surface area contributed by atoms with Gasteiger partial charge in [-0.05, 0) is 42.1 Å². The normalized spacial score (nSPS) is 15.5. The second-order valence-electron chi connectivity index (χ2n) is 4.86. The van der Waals surface area contributed by atoms with Crippen LogP contribution in [-0.2, 0) is 0 Å². The maximum Gasteiger partial charge on any atom is 0.153 e. The first kappa shape index (κ1) is 14.5. The number of rotatable bonds is 3. The molecule has 3 rings (SSSR count). The Balaban J connectivity index is 1.68. The third-order valence-electron chi connectivity index (χ3n) is 3.62. The molecule has 1 saturated heterocycles. The molecule has 0 amide bonds. The van der Waals surface area contributed by atoms with Crippen LogP contribution in [0.15, 0.2) is 29.2 Å². The largest absolute Gasteiger partial charge is 0.382 e. The van der Waals surface area contributed by atoms with E-state index in [1.165, 1.54) is 28.7 Å². The van der Waals surface area contributed by atoms with Gasteiger partial charge in [0.05, 0.1) is 4.90 Å². The first-order chi connectivity index (χ1) is 10.2. The number of piperazine rings is 1. The van der Waals surface area contributed by atoms with E-state index in [2.05, 4.69) is 14.2 Å². The molecular weight excluding hydrogens is 307 g/mol. The number of benzene rings is 1. The number of hydrogen-bond acceptors (Lipinski definition) is 6. The summed E-state index contributed by atoms with van der Waals surface area (Å²) in [6, 6.07) is 6.70. The molecular formula is C14H17FN4S2. The quantitative estimate of drug-likeness (QED) is 0.880. The van der Waals surface area contributed by atoms with Gasteiger partial charge >= 0.3 is 0 Å². The minimum atomic E-state index is -0.192. The highest BCUT2D eigenvalue weighted by Crippen LogP contribution is 2.38. The number of anilines is 3. The molecule has 0 atom stereocenters. The van der Waals surface area contributed by atoms with Crippen molar-refractivity contribution in [3.05, 3.63) is 30.1 Å². The van der Waals surface area contributed by atoms with Gasteiger partial charge in [0.1, 0.15) is 10.8 Å². The first-order valence-corrected chi connectivity index (χ1v) is 8.73. The zero-order chi connectivity index (χ0) is 14.8. The second kappa shape index (κ2) is 6.11. The van der Waals surface area contributed by atoms with Crippen molar-refractivity contribution in [1.29, 1.82) is 0 Å². The van der Waals surface area contributed by atoms with E-state index < -0.39 is 0 Å². The van der Waals surface area contributed by atoms with Crippen molar-refractivity contribution in [3.8, 4) is 0 Å². The summed E-state index contributed by atoms with van der Waals surface area (Å²) in [5, 5.41) is 1.17. The third-order valence-corrected chi connectivity index (χ3v) is 5.48. The van der Waals surface area contributed by atoms with Gasteiger partial charge in [-0.2, -0.15) is 4.37 Å². The van der Waals surface area contributed by atoms with Crippen LogP contribution in [0.5, 0.6) is 0 Å². The maximum atomic E-state index is 13.0. The molecule has 1 fully saturated rings. The van der Waals surface area contributed by atoms with E-state index in [0.29, 0.717) is 5.82 Å². The van der Waals surface area contributed by atoms with Crippen LogP contribution >= 0.6 is 23.3 Å². The highest BCUT2D eigenvalue weighted by molar-refractivity contribution is 7.99. The van der Waals surface area contributed by atoms with Gasteiger partial charge in [0.2, 0.25) is 0 Å². The van der Waals surface area contributed by atoms with E-state index in [9.17, 15) is 4.39 Å². The van der Waals surface area contributed by atoms with Crippen molar-refractivity contribution in [2.45, 2.75) is 4.90 Å². The fourth-order valence-electron chi connectivity index (χ4n) is 2.50. The van der Waals surface area contributed by atoms with Gasteiger partial charge in [0.15, 0.2) is 5.82 Å². The monoisotopic (exact) mass is 324 g/mol. The molecule has 0 unspecified atom stereocenters. The van der Waals surface area contributed by atoms with Crippen molar-refractivity contribution in [2.75, 3.05) is 48.0 Å². The molecule has 0 aliphatic carbocycles. The van der Waals surface area contributed by atoms with Gasteiger partial charge in [-0.25, -0.2) is 4.39 Å². The zero-order valence-electron chi connectivity index (χ0n) is 11.8. The van der Waals surface area contributed by atoms with Gasteiger partial charge < -0.3 is 15.5 Å². The number of aromatic nitrogens is 1. The maximum absolute atomic E-state index is 13.0. The highest BCUT2D eigenvalue weighted by atomic mass is 32.2. The zero-order valence-corrected chi connectivity index (χ0v) is 13.4. The van der Waals surface area contributed by atoms with Gasteiger partial charge in [-0.1, -0.05) is 0 Å². The predicted molar refractivity (Wildman–Crippen MR) is 89.1 cm³/mol. The lowest BCUT2D eigenvalue weighted by Crippen LogP contribution is -2.46. The average molecular weight is 324 g/mol. The van der Waals surface area contributed by atoms with Gasteiger partial charge in [0, 0.05) is 31.9 Å². The number of nitrogens with zero attached hydrogens (tertiary/aromatic N) is 3. The lowest BCUT2D eigenvalue weighted by Gasteiger charge is -2.36. The lowest BCUT2D eigenvalue weighted by molar-refractivity contribution is 0.625. The second-order valence-corrected chi connectivity index (χ2v) is 6.43. The number of halogens is 1. The van der Waals surface area contributed by atoms with Crippen LogP contribution in [0.2, 0.25) is 0 Å². The van der Waals surface area contributed by atoms with Crippen molar-refractivity contribution in [2.24, 2.45) is 0 Å². The molecule has 1 aliphatic heterocycles. The van der Waals surface area contributed by atoms with Crippen molar-refractivity contribution >= 4 is 39.8 Å². The molecule has 7 heteroatoms. The highest BCUT2D eigenvalue weighted by Gasteiger charge is 2.22. The Morgan fingerprint density at radius 1 is 1.14 bits per heavy atom. The molecule has 0 radical (unpaired) electrons. The molecule has 1 aliphatic rings. The van der Waals surface area contributed by atoms with Crippen molar-refractivity contribution in [3.63, 3.8) is 0 Å².